The van der Waals surface area contributed by atoms with E-state index < -0.39 is 0 Å². The average molecular weight is 326 g/mol. The number of benzene rings is 1. The first-order chi connectivity index (χ1) is 11.2. The van der Waals surface area contributed by atoms with Gasteiger partial charge in [0.15, 0.2) is 0 Å². The van der Waals surface area contributed by atoms with Gasteiger partial charge >= 0.3 is 0 Å². The van der Waals surface area contributed by atoms with Crippen molar-refractivity contribution in [3.8, 4) is 10.6 Å². The molecule has 3 rings (SSSR count). The number of nitrogens with one attached hydrogen (secondary N) is 1. The molecule has 3 aromatic rings. The molecule has 6 heteroatoms. The lowest BCUT2D eigenvalue weighted by Crippen LogP contribution is -2.26. The molecular formula is C17H18N4OS. The van der Waals surface area contributed by atoms with Gasteiger partial charge in [-0.1, -0.05) is 37.3 Å². The summed E-state index contributed by atoms with van der Waals surface area (Å²) in [6.07, 6.45) is 2.35. The molecule has 0 saturated heterocycles. The Morgan fingerprint density at radius 2 is 2.09 bits per heavy atom. The van der Waals surface area contributed by atoms with Crippen molar-refractivity contribution in [3.05, 3.63) is 58.9 Å². The summed E-state index contributed by atoms with van der Waals surface area (Å²) in [5.74, 6) is -0.0372. The first-order valence-electron chi connectivity index (χ1n) is 7.46. The number of H-pyrrole nitrogens is 1. The van der Waals surface area contributed by atoms with Crippen molar-refractivity contribution in [3.63, 3.8) is 0 Å². The molecule has 0 fully saturated rings. The Morgan fingerprint density at radius 3 is 2.83 bits per heavy atom. The predicted octanol–water partition coefficient (Wildman–Crippen LogP) is 3.37. The second-order valence-electron chi connectivity index (χ2n) is 5.29. The molecule has 1 N–H and O–H groups in total. The number of carbonyl (C=O) groups excluding carboxylic acids is 1. The molecule has 5 nitrogen and oxygen atoms in total. The van der Waals surface area contributed by atoms with E-state index in [0.29, 0.717) is 12.1 Å². The summed E-state index contributed by atoms with van der Waals surface area (Å²) >= 11 is 1.59. The van der Waals surface area contributed by atoms with Crippen molar-refractivity contribution in [2.45, 2.75) is 19.9 Å². The number of aromatic amines is 1. The Bertz CT molecular complexity index is 794. The van der Waals surface area contributed by atoms with Crippen LogP contribution in [0.5, 0.6) is 0 Å². The third-order valence-electron chi connectivity index (χ3n) is 3.62. The monoisotopic (exact) mass is 326 g/mol. The van der Waals surface area contributed by atoms with E-state index in [2.05, 4.69) is 15.2 Å². The van der Waals surface area contributed by atoms with Gasteiger partial charge in [0.05, 0.1) is 24.0 Å². The number of hydrogen-bond donors (Lipinski definition) is 1. The summed E-state index contributed by atoms with van der Waals surface area (Å²) in [4.78, 5) is 18.8. The zero-order valence-corrected chi connectivity index (χ0v) is 13.9. The second kappa shape index (κ2) is 6.75. The van der Waals surface area contributed by atoms with Crippen LogP contribution in [0.2, 0.25) is 0 Å². The molecule has 118 valence electrons. The Balaban J connectivity index is 1.72. The van der Waals surface area contributed by atoms with Crippen LogP contribution in [0.3, 0.4) is 0 Å². The number of nitrogens with zero attached hydrogens (tertiary/aromatic N) is 3. The zero-order valence-electron chi connectivity index (χ0n) is 13.1. The number of aromatic nitrogens is 3. The highest BCUT2D eigenvalue weighted by molar-refractivity contribution is 7.13. The van der Waals surface area contributed by atoms with Crippen LogP contribution >= 0.6 is 11.3 Å². The van der Waals surface area contributed by atoms with Crippen molar-refractivity contribution in [2.24, 2.45) is 0 Å². The normalized spacial score (nSPS) is 10.7. The molecule has 0 atom stereocenters. The number of hydrogen-bond acceptors (Lipinski definition) is 4. The quantitative estimate of drug-likeness (QED) is 0.782. The van der Waals surface area contributed by atoms with Crippen molar-refractivity contribution >= 4 is 17.2 Å². The molecule has 23 heavy (non-hydrogen) atoms. The maximum Gasteiger partial charge on any atom is 0.257 e. The smallest absolute Gasteiger partial charge is 0.257 e. The third-order valence-corrected chi connectivity index (χ3v) is 4.56. The van der Waals surface area contributed by atoms with Gasteiger partial charge < -0.3 is 4.90 Å². The fraction of sp³-hybridized carbons (Fsp3) is 0.235. The minimum absolute atomic E-state index is 0.0372. The van der Waals surface area contributed by atoms with E-state index in [1.807, 2.05) is 42.6 Å². The number of carbonyl (C=O) groups is 1. The summed E-state index contributed by atoms with van der Waals surface area (Å²) in [6.45, 7) is 2.48. The molecule has 0 aliphatic carbocycles. The molecule has 1 aromatic carbocycles. The molecular weight excluding hydrogens is 308 g/mol. The largest absolute Gasteiger partial charge is 0.336 e. The van der Waals surface area contributed by atoms with Gasteiger partial charge in [-0.25, -0.2) is 4.98 Å². The van der Waals surface area contributed by atoms with E-state index in [-0.39, 0.29) is 5.91 Å². The molecule has 0 aliphatic heterocycles. The maximum atomic E-state index is 12.5. The lowest BCUT2D eigenvalue weighted by atomic mass is 10.2. The van der Waals surface area contributed by atoms with Gasteiger partial charge in [0.2, 0.25) is 0 Å². The Labute approximate surface area is 139 Å². The topological polar surface area (TPSA) is 61.9 Å². The summed E-state index contributed by atoms with van der Waals surface area (Å²) < 4.78 is 0. The summed E-state index contributed by atoms with van der Waals surface area (Å²) in [5, 5.41) is 9.80. The maximum absolute atomic E-state index is 12.5. The number of aryl methyl sites for hydroxylation is 1. The highest BCUT2D eigenvalue weighted by Crippen LogP contribution is 2.24. The standard InChI is InChI=1S/C17H18N4OS/c1-3-15-14(9-18-20-15)17(22)21(2)10-13-11-23-16(19-13)12-7-5-4-6-8-12/h4-9,11H,3,10H2,1-2H3,(H,18,20). The zero-order chi connectivity index (χ0) is 16.2. The number of rotatable bonds is 5. The highest BCUT2D eigenvalue weighted by atomic mass is 32.1. The third kappa shape index (κ3) is 3.32. The van der Waals surface area contributed by atoms with E-state index in [0.717, 1.165) is 28.4 Å². The van der Waals surface area contributed by atoms with E-state index in [1.165, 1.54) is 0 Å². The van der Waals surface area contributed by atoms with Crippen LogP contribution in [0.15, 0.2) is 41.9 Å². The average Bonchev–Trinajstić information content (AvgIpc) is 3.23. The molecule has 0 aliphatic rings. The Kier molecular flexibility index (Phi) is 4.52. The minimum atomic E-state index is -0.0372. The minimum Gasteiger partial charge on any atom is -0.336 e. The number of amides is 1. The first-order valence-corrected chi connectivity index (χ1v) is 8.34. The molecule has 0 unspecified atom stereocenters. The second-order valence-corrected chi connectivity index (χ2v) is 6.15. The number of thiazole rings is 1. The van der Waals surface area contributed by atoms with Crippen LogP contribution in [0.25, 0.3) is 10.6 Å². The SMILES string of the molecule is CCc1[nH]ncc1C(=O)N(C)Cc1csc(-c2ccccc2)n1. The van der Waals surface area contributed by atoms with E-state index in [9.17, 15) is 4.79 Å². The van der Waals surface area contributed by atoms with Crippen LogP contribution in [0.1, 0.15) is 28.7 Å². The molecule has 1 amide bonds. The molecule has 2 aromatic heterocycles. The van der Waals surface area contributed by atoms with Crippen molar-refractivity contribution in [2.75, 3.05) is 7.05 Å². The molecule has 0 bridgehead atoms. The Morgan fingerprint density at radius 1 is 1.30 bits per heavy atom. The van der Waals surface area contributed by atoms with Gasteiger partial charge in [-0.05, 0) is 6.42 Å². The van der Waals surface area contributed by atoms with Crippen LogP contribution in [0.4, 0.5) is 0 Å². The summed E-state index contributed by atoms with van der Waals surface area (Å²) in [7, 11) is 1.79. The lowest BCUT2D eigenvalue weighted by Gasteiger charge is -2.15. The van der Waals surface area contributed by atoms with Crippen LogP contribution in [-0.4, -0.2) is 33.0 Å². The lowest BCUT2D eigenvalue weighted by molar-refractivity contribution is 0.0782. The van der Waals surface area contributed by atoms with Gasteiger partial charge in [0.25, 0.3) is 5.91 Å². The molecule has 2 heterocycles. The van der Waals surface area contributed by atoms with E-state index in [1.54, 1.807) is 29.5 Å². The summed E-state index contributed by atoms with van der Waals surface area (Å²) in [5.41, 5.74) is 3.49. The Hall–Kier alpha value is -2.47. The van der Waals surface area contributed by atoms with Gasteiger partial charge in [-0.15, -0.1) is 11.3 Å². The van der Waals surface area contributed by atoms with Gasteiger partial charge in [0.1, 0.15) is 5.01 Å². The van der Waals surface area contributed by atoms with Crippen molar-refractivity contribution < 1.29 is 4.79 Å². The first kappa shape index (κ1) is 15.4. The highest BCUT2D eigenvalue weighted by Gasteiger charge is 2.18. The van der Waals surface area contributed by atoms with Crippen molar-refractivity contribution in [1.82, 2.24) is 20.1 Å². The fourth-order valence-electron chi connectivity index (χ4n) is 2.38. The van der Waals surface area contributed by atoms with Crippen LogP contribution in [-0.2, 0) is 13.0 Å². The predicted molar refractivity (Wildman–Crippen MR) is 91.3 cm³/mol. The summed E-state index contributed by atoms with van der Waals surface area (Å²) in [6, 6.07) is 10.1. The van der Waals surface area contributed by atoms with Gasteiger partial charge in [-0.2, -0.15) is 5.10 Å². The van der Waals surface area contributed by atoms with Gasteiger partial charge in [-0.3, -0.25) is 9.89 Å². The van der Waals surface area contributed by atoms with Crippen molar-refractivity contribution in [1.29, 1.82) is 0 Å². The molecule has 0 spiro atoms. The van der Waals surface area contributed by atoms with Crippen LogP contribution < -0.4 is 0 Å². The fourth-order valence-corrected chi connectivity index (χ4v) is 3.20. The van der Waals surface area contributed by atoms with E-state index >= 15 is 0 Å². The van der Waals surface area contributed by atoms with Crippen LogP contribution in [0, 0.1) is 0 Å². The molecule has 0 saturated carbocycles. The van der Waals surface area contributed by atoms with E-state index in [4.69, 9.17) is 0 Å². The molecule has 0 radical (unpaired) electrons. The van der Waals surface area contributed by atoms with Gasteiger partial charge in [0, 0.05) is 23.7 Å².